The number of amides is 2. The molecule has 22 heavy (non-hydrogen) atoms. The minimum Gasteiger partial charge on any atom is -0.495 e. The summed E-state index contributed by atoms with van der Waals surface area (Å²) in [7, 11) is 1.55. The van der Waals surface area contributed by atoms with Crippen LogP contribution >= 0.6 is 22.9 Å². The van der Waals surface area contributed by atoms with E-state index in [0.29, 0.717) is 27.1 Å². The molecule has 0 saturated carbocycles. The fourth-order valence-electron chi connectivity index (χ4n) is 1.97. The summed E-state index contributed by atoms with van der Waals surface area (Å²) in [6.07, 6.45) is 0. The van der Waals surface area contributed by atoms with E-state index >= 15 is 0 Å². The number of para-hydroxylation sites is 3. The van der Waals surface area contributed by atoms with E-state index in [1.807, 2.05) is 24.3 Å². The highest BCUT2D eigenvalue weighted by Crippen LogP contribution is 2.31. The van der Waals surface area contributed by atoms with Crippen LogP contribution in [0.3, 0.4) is 0 Å². The first-order chi connectivity index (χ1) is 10.7. The van der Waals surface area contributed by atoms with Gasteiger partial charge in [-0.15, -0.1) is 0 Å². The first kappa shape index (κ1) is 14.6. The fourth-order valence-corrected chi connectivity index (χ4v) is 3.13. The first-order valence-electron chi connectivity index (χ1n) is 6.43. The number of nitrogens with zero attached hydrogens (tertiary/aromatic N) is 1. The number of aromatic nitrogens is 1. The van der Waals surface area contributed by atoms with Crippen molar-refractivity contribution in [3.63, 3.8) is 0 Å². The maximum atomic E-state index is 12.1. The average Bonchev–Trinajstić information content (AvgIpc) is 2.91. The van der Waals surface area contributed by atoms with Gasteiger partial charge in [0.15, 0.2) is 5.13 Å². The number of fused-ring (bicyclic) bond motifs is 1. The Hall–Kier alpha value is -2.31. The van der Waals surface area contributed by atoms with Crippen LogP contribution in [0.25, 0.3) is 10.2 Å². The molecule has 0 aliphatic rings. The summed E-state index contributed by atoms with van der Waals surface area (Å²) < 4.78 is 6.10. The molecular formula is C15H12ClN3O2S. The first-order valence-corrected chi connectivity index (χ1v) is 7.63. The number of anilines is 2. The second-order valence-electron chi connectivity index (χ2n) is 4.39. The minimum absolute atomic E-state index is 0.389. The van der Waals surface area contributed by atoms with Gasteiger partial charge in [0.05, 0.1) is 22.5 Å². The van der Waals surface area contributed by atoms with Gasteiger partial charge >= 0.3 is 6.03 Å². The molecule has 0 radical (unpaired) electrons. The normalized spacial score (nSPS) is 10.5. The van der Waals surface area contributed by atoms with Crippen molar-refractivity contribution in [2.24, 2.45) is 0 Å². The Morgan fingerprint density at radius 2 is 2.00 bits per heavy atom. The summed E-state index contributed by atoms with van der Waals surface area (Å²) in [5.41, 5.74) is 1.27. The van der Waals surface area contributed by atoms with Gasteiger partial charge < -0.3 is 10.1 Å². The molecular weight excluding hydrogens is 322 g/mol. The largest absolute Gasteiger partial charge is 0.495 e. The number of halogens is 1. The molecule has 0 atom stereocenters. The van der Waals surface area contributed by atoms with E-state index in [1.165, 1.54) is 11.3 Å². The molecule has 0 aliphatic heterocycles. The second-order valence-corrected chi connectivity index (χ2v) is 5.82. The molecule has 0 saturated heterocycles. The number of carbonyl (C=O) groups is 1. The Balaban J connectivity index is 1.77. The van der Waals surface area contributed by atoms with Crippen LogP contribution < -0.4 is 15.4 Å². The molecule has 0 fully saturated rings. The third-order valence-electron chi connectivity index (χ3n) is 2.95. The minimum atomic E-state index is -0.389. The van der Waals surface area contributed by atoms with Crippen molar-refractivity contribution >= 4 is 50.0 Å². The molecule has 2 amide bonds. The molecule has 1 heterocycles. The molecule has 3 aromatic rings. The predicted octanol–water partition coefficient (Wildman–Crippen LogP) is 4.60. The van der Waals surface area contributed by atoms with E-state index in [9.17, 15) is 4.79 Å². The highest BCUT2D eigenvalue weighted by molar-refractivity contribution is 7.22. The zero-order chi connectivity index (χ0) is 15.5. The van der Waals surface area contributed by atoms with Crippen molar-refractivity contribution in [3.05, 3.63) is 47.5 Å². The molecule has 0 aliphatic carbocycles. The zero-order valence-electron chi connectivity index (χ0n) is 11.6. The van der Waals surface area contributed by atoms with Crippen LogP contribution in [-0.2, 0) is 0 Å². The summed E-state index contributed by atoms with van der Waals surface area (Å²) in [5, 5.41) is 6.47. The Morgan fingerprint density at radius 1 is 1.18 bits per heavy atom. The average molecular weight is 334 g/mol. The third kappa shape index (κ3) is 2.98. The molecule has 2 N–H and O–H groups in total. The Kier molecular flexibility index (Phi) is 4.13. The van der Waals surface area contributed by atoms with Crippen LogP contribution in [0.4, 0.5) is 15.6 Å². The van der Waals surface area contributed by atoms with Gasteiger partial charge in [-0.1, -0.05) is 41.1 Å². The molecule has 112 valence electrons. The monoisotopic (exact) mass is 333 g/mol. The van der Waals surface area contributed by atoms with Gasteiger partial charge in [-0.05, 0) is 24.3 Å². The van der Waals surface area contributed by atoms with E-state index in [-0.39, 0.29) is 6.03 Å². The molecule has 5 nitrogen and oxygen atoms in total. The molecule has 3 rings (SSSR count). The van der Waals surface area contributed by atoms with Crippen LogP contribution in [0.1, 0.15) is 0 Å². The lowest BCUT2D eigenvalue weighted by atomic mass is 10.3. The summed E-state index contributed by atoms with van der Waals surface area (Å²) in [6.45, 7) is 0. The van der Waals surface area contributed by atoms with Gasteiger partial charge in [-0.25, -0.2) is 9.78 Å². The van der Waals surface area contributed by atoms with Gasteiger partial charge in [0.1, 0.15) is 11.3 Å². The third-order valence-corrected chi connectivity index (χ3v) is 4.19. The number of hydrogen-bond donors (Lipinski definition) is 2. The lowest BCUT2D eigenvalue weighted by molar-refractivity contribution is 0.262. The predicted molar refractivity (Wildman–Crippen MR) is 90.3 cm³/mol. The van der Waals surface area contributed by atoms with E-state index < -0.39 is 0 Å². The molecule has 1 aromatic heterocycles. The van der Waals surface area contributed by atoms with Crippen LogP contribution in [0.2, 0.25) is 5.02 Å². The second kappa shape index (κ2) is 6.21. The molecule has 2 aromatic carbocycles. The fraction of sp³-hybridized carbons (Fsp3) is 0.0667. The van der Waals surface area contributed by atoms with E-state index in [0.717, 1.165) is 4.70 Å². The lowest BCUT2D eigenvalue weighted by Crippen LogP contribution is -2.19. The van der Waals surface area contributed by atoms with E-state index in [1.54, 1.807) is 25.3 Å². The SMILES string of the molecule is COc1ccccc1NC(=O)Nc1nc2c(Cl)cccc2s1. The number of thiazole rings is 1. The van der Waals surface area contributed by atoms with Crippen LogP contribution in [0, 0.1) is 0 Å². The van der Waals surface area contributed by atoms with Crippen molar-refractivity contribution in [2.75, 3.05) is 17.7 Å². The number of benzene rings is 2. The van der Waals surface area contributed by atoms with Gasteiger partial charge in [0.2, 0.25) is 0 Å². The van der Waals surface area contributed by atoms with Crippen molar-refractivity contribution in [1.82, 2.24) is 4.98 Å². The highest BCUT2D eigenvalue weighted by Gasteiger charge is 2.11. The number of urea groups is 1. The summed E-state index contributed by atoms with van der Waals surface area (Å²) in [5.74, 6) is 0.588. The maximum Gasteiger partial charge on any atom is 0.325 e. The lowest BCUT2D eigenvalue weighted by Gasteiger charge is -2.09. The summed E-state index contributed by atoms with van der Waals surface area (Å²) in [6, 6.07) is 12.3. The Morgan fingerprint density at radius 3 is 2.77 bits per heavy atom. The van der Waals surface area contributed by atoms with Gasteiger partial charge in [-0.2, -0.15) is 0 Å². The van der Waals surface area contributed by atoms with Crippen LogP contribution in [-0.4, -0.2) is 18.1 Å². The Bertz CT molecular complexity index is 835. The van der Waals surface area contributed by atoms with Gasteiger partial charge in [-0.3, -0.25) is 5.32 Å². The maximum absolute atomic E-state index is 12.1. The van der Waals surface area contributed by atoms with Gasteiger partial charge in [0.25, 0.3) is 0 Å². The Labute approximate surface area is 135 Å². The van der Waals surface area contributed by atoms with E-state index in [4.69, 9.17) is 16.3 Å². The van der Waals surface area contributed by atoms with Crippen molar-refractivity contribution < 1.29 is 9.53 Å². The van der Waals surface area contributed by atoms with E-state index in [2.05, 4.69) is 15.6 Å². The number of carbonyl (C=O) groups excluding carboxylic acids is 1. The quantitative estimate of drug-likeness (QED) is 0.736. The highest BCUT2D eigenvalue weighted by atomic mass is 35.5. The molecule has 0 unspecified atom stereocenters. The van der Waals surface area contributed by atoms with Crippen molar-refractivity contribution in [3.8, 4) is 5.75 Å². The standard InChI is InChI=1S/C15H12ClN3O2S/c1-21-11-7-3-2-6-10(11)17-14(20)19-15-18-13-9(16)5-4-8-12(13)22-15/h2-8H,1H3,(H2,17,18,19,20). The zero-order valence-corrected chi connectivity index (χ0v) is 13.2. The number of nitrogens with one attached hydrogen (secondary N) is 2. The smallest absolute Gasteiger partial charge is 0.325 e. The molecule has 0 spiro atoms. The van der Waals surface area contributed by atoms with Crippen molar-refractivity contribution in [2.45, 2.75) is 0 Å². The number of rotatable bonds is 3. The van der Waals surface area contributed by atoms with Crippen molar-refractivity contribution in [1.29, 1.82) is 0 Å². The number of ether oxygens (including phenoxy) is 1. The number of methoxy groups -OCH3 is 1. The van der Waals surface area contributed by atoms with Crippen LogP contribution in [0.15, 0.2) is 42.5 Å². The summed E-state index contributed by atoms with van der Waals surface area (Å²) in [4.78, 5) is 16.4. The summed E-state index contributed by atoms with van der Waals surface area (Å²) >= 11 is 7.44. The molecule has 7 heteroatoms. The van der Waals surface area contributed by atoms with Crippen LogP contribution in [0.5, 0.6) is 5.75 Å². The number of hydrogen-bond acceptors (Lipinski definition) is 4. The van der Waals surface area contributed by atoms with Gasteiger partial charge in [0, 0.05) is 0 Å². The topological polar surface area (TPSA) is 63.2 Å². The molecule has 0 bridgehead atoms.